The lowest BCUT2D eigenvalue weighted by molar-refractivity contribution is 0.891. The van der Waals surface area contributed by atoms with Gasteiger partial charge in [-0.2, -0.15) is 0 Å². The molecule has 0 amide bonds. The third kappa shape index (κ3) is 1.86. The van der Waals surface area contributed by atoms with Crippen LogP contribution in [-0.4, -0.2) is 0 Å². The fourth-order valence-corrected chi connectivity index (χ4v) is 3.20. The van der Waals surface area contributed by atoms with Gasteiger partial charge in [-0.1, -0.05) is 11.6 Å². The molecule has 14 heavy (non-hydrogen) atoms. The topological polar surface area (TPSA) is 26.0 Å². The minimum absolute atomic E-state index is 0.0289. The predicted molar refractivity (Wildman–Crippen MR) is 64.4 cm³/mol. The van der Waals surface area contributed by atoms with Gasteiger partial charge in [0.2, 0.25) is 0 Å². The van der Waals surface area contributed by atoms with Crippen molar-refractivity contribution in [1.82, 2.24) is 0 Å². The molecule has 4 heteroatoms. The van der Waals surface area contributed by atoms with Gasteiger partial charge in [0, 0.05) is 9.75 Å². The van der Waals surface area contributed by atoms with Crippen LogP contribution in [-0.2, 0) is 0 Å². The van der Waals surface area contributed by atoms with Crippen LogP contribution in [0, 0.1) is 6.92 Å². The normalized spacial score (nSPS) is 13.1. The fraction of sp³-hybridized carbons (Fsp3) is 0.200. The maximum atomic E-state index is 6.13. The summed E-state index contributed by atoms with van der Waals surface area (Å²) in [7, 11) is 0. The summed E-state index contributed by atoms with van der Waals surface area (Å²) in [6.45, 7) is 2.09. The van der Waals surface area contributed by atoms with E-state index in [9.17, 15) is 0 Å². The molecule has 0 saturated heterocycles. The predicted octanol–water partition coefficient (Wildman–Crippen LogP) is 3.82. The van der Waals surface area contributed by atoms with E-state index in [4.69, 9.17) is 17.3 Å². The second-order valence-corrected chi connectivity index (χ2v) is 5.92. The maximum absolute atomic E-state index is 6.13. The van der Waals surface area contributed by atoms with Gasteiger partial charge in [0.15, 0.2) is 0 Å². The lowest BCUT2D eigenvalue weighted by Gasteiger charge is -2.08. The number of rotatable bonds is 2. The van der Waals surface area contributed by atoms with Crippen LogP contribution in [0.25, 0.3) is 0 Å². The Morgan fingerprint density at radius 2 is 2.14 bits per heavy atom. The highest BCUT2D eigenvalue weighted by atomic mass is 35.5. The van der Waals surface area contributed by atoms with E-state index in [0.29, 0.717) is 0 Å². The maximum Gasteiger partial charge on any atom is 0.0931 e. The number of hydrogen-bond donors (Lipinski definition) is 1. The Morgan fingerprint density at radius 3 is 2.64 bits per heavy atom. The molecule has 2 aromatic heterocycles. The van der Waals surface area contributed by atoms with Crippen molar-refractivity contribution in [1.29, 1.82) is 0 Å². The highest BCUT2D eigenvalue weighted by Crippen LogP contribution is 2.32. The van der Waals surface area contributed by atoms with E-state index in [1.165, 1.54) is 10.4 Å². The molecule has 0 aliphatic heterocycles. The molecular formula is C10H10ClNS2. The molecule has 0 aromatic carbocycles. The van der Waals surface area contributed by atoms with Crippen LogP contribution < -0.4 is 5.73 Å². The smallest absolute Gasteiger partial charge is 0.0931 e. The Bertz CT molecular complexity index is 433. The fourth-order valence-electron chi connectivity index (χ4n) is 1.37. The van der Waals surface area contributed by atoms with E-state index in [-0.39, 0.29) is 6.04 Å². The van der Waals surface area contributed by atoms with Crippen LogP contribution in [0.5, 0.6) is 0 Å². The van der Waals surface area contributed by atoms with Crippen molar-refractivity contribution in [3.05, 3.63) is 43.2 Å². The summed E-state index contributed by atoms with van der Waals surface area (Å²) in [5, 5.41) is 2.07. The Balaban J connectivity index is 2.33. The summed E-state index contributed by atoms with van der Waals surface area (Å²) >= 11 is 9.14. The Kier molecular flexibility index (Phi) is 2.93. The zero-order valence-corrected chi connectivity index (χ0v) is 10.0. The minimum atomic E-state index is -0.0289. The molecule has 2 aromatic rings. The quantitative estimate of drug-likeness (QED) is 0.853. The van der Waals surface area contributed by atoms with Crippen LogP contribution in [0.2, 0.25) is 4.34 Å². The van der Waals surface area contributed by atoms with E-state index < -0.39 is 0 Å². The second kappa shape index (κ2) is 4.03. The van der Waals surface area contributed by atoms with E-state index >= 15 is 0 Å². The molecule has 74 valence electrons. The van der Waals surface area contributed by atoms with Crippen LogP contribution in [0.3, 0.4) is 0 Å². The molecule has 0 aliphatic rings. The van der Waals surface area contributed by atoms with Crippen LogP contribution in [0.15, 0.2) is 23.6 Å². The molecule has 1 unspecified atom stereocenters. The monoisotopic (exact) mass is 243 g/mol. The highest BCUT2D eigenvalue weighted by molar-refractivity contribution is 7.16. The van der Waals surface area contributed by atoms with E-state index in [1.807, 2.05) is 12.1 Å². The lowest BCUT2D eigenvalue weighted by Crippen LogP contribution is -2.09. The summed E-state index contributed by atoms with van der Waals surface area (Å²) in [4.78, 5) is 2.40. The first-order chi connectivity index (χ1) is 6.68. The van der Waals surface area contributed by atoms with Gasteiger partial charge in [0.05, 0.1) is 10.4 Å². The molecule has 1 nitrogen and oxygen atoms in total. The summed E-state index contributed by atoms with van der Waals surface area (Å²) in [5.41, 5.74) is 7.34. The molecule has 0 saturated carbocycles. The zero-order valence-electron chi connectivity index (χ0n) is 7.66. The van der Waals surface area contributed by atoms with Crippen LogP contribution >= 0.6 is 34.3 Å². The van der Waals surface area contributed by atoms with Crippen molar-refractivity contribution < 1.29 is 0 Å². The Hall–Kier alpha value is -0.350. The number of nitrogens with two attached hydrogens (primary N) is 1. The third-order valence-electron chi connectivity index (χ3n) is 2.13. The van der Waals surface area contributed by atoms with Crippen molar-refractivity contribution in [3.63, 3.8) is 0 Å². The summed E-state index contributed by atoms with van der Waals surface area (Å²) in [6.07, 6.45) is 0. The lowest BCUT2D eigenvalue weighted by atomic mass is 10.1. The van der Waals surface area contributed by atoms with Crippen molar-refractivity contribution >= 4 is 34.3 Å². The largest absolute Gasteiger partial charge is 0.320 e. The molecule has 2 N–H and O–H groups in total. The van der Waals surface area contributed by atoms with Crippen molar-refractivity contribution in [2.24, 2.45) is 5.73 Å². The molecule has 2 rings (SSSR count). The number of hydrogen-bond acceptors (Lipinski definition) is 3. The van der Waals surface area contributed by atoms with Gasteiger partial charge in [-0.25, -0.2) is 0 Å². The number of halogens is 1. The van der Waals surface area contributed by atoms with Gasteiger partial charge in [0.1, 0.15) is 0 Å². The van der Waals surface area contributed by atoms with Gasteiger partial charge >= 0.3 is 0 Å². The average Bonchev–Trinajstić information content (AvgIpc) is 2.73. The Labute approximate surface area is 96.1 Å². The first-order valence-electron chi connectivity index (χ1n) is 4.23. The average molecular weight is 244 g/mol. The zero-order chi connectivity index (χ0) is 10.1. The summed E-state index contributed by atoms with van der Waals surface area (Å²) in [6, 6.07) is 5.94. The van der Waals surface area contributed by atoms with E-state index in [0.717, 1.165) is 9.21 Å². The highest BCUT2D eigenvalue weighted by Gasteiger charge is 2.13. The van der Waals surface area contributed by atoms with Gasteiger partial charge in [-0.05, 0) is 36.1 Å². The number of thiophene rings is 2. The minimum Gasteiger partial charge on any atom is -0.320 e. The molecular weight excluding hydrogens is 234 g/mol. The first-order valence-corrected chi connectivity index (χ1v) is 6.30. The van der Waals surface area contributed by atoms with Gasteiger partial charge in [-0.15, -0.1) is 22.7 Å². The van der Waals surface area contributed by atoms with Gasteiger partial charge < -0.3 is 5.73 Å². The first kappa shape index (κ1) is 10.2. The van der Waals surface area contributed by atoms with Crippen molar-refractivity contribution in [2.75, 3.05) is 0 Å². The van der Waals surface area contributed by atoms with E-state index in [2.05, 4.69) is 18.4 Å². The van der Waals surface area contributed by atoms with Crippen molar-refractivity contribution in [3.8, 4) is 0 Å². The second-order valence-electron chi connectivity index (χ2n) is 3.05. The number of aryl methyl sites for hydroxylation is 1. The van der Waals surface area contributed by atoms with Crippen LogP contribution in [0.4, 0.5) is 0 Å². The molecule has 2 heterocycles. The van der Waals surface area contributed by atoms with E-state index in [1.54, 1.807) is 22.7 Å². The molecule has 1 atom stereocenters. The SMILES string of the molecule is Cc1sccc1C(N)c1ccc(Cl)s1. The summed E-state index contributed by atoms with van der Waals surface area (Å²) < 4.78 is 0.795. The molecule has 0 radical (unpaired) electrons. The standard InChI is InChI=1S/C10H10ClNS2/c1-6-7(4-5-13-6)10(12)8-2-3-9(11)14-8/h2-5,10H,12H2,1H3. The van der Waals surface area contributed by atoms with Gasteiger partial charge in [-0.3, -0.25) is 0 Å². The van der Waals surface area contributed by atoms with Crippen molar-refractivity contribution in [2.45, 2.75) is 13.0 Å². The van der Waals surface area contributed by atoms with Gasteiger partial charge in [0.25, 0.3) is 0 Å². The summed E-state index contributed by atoms with van der Waals surface area (Å²) in [5.74, 6) is 0. The third-order valence-corrected chi connectivity index (χ3v) is 4.31. The molecule has 0 spiro atoms. The van der Waals surface area contributed by atoms with Crippen LogP contribution in [0.1, 0.15) is 21.4 Å². The Morgan fingerprint density at radius 1 is 1.36 bits per heavy atom. The molecule has 0 bridgehead atoms. The molecule has 0 fully saturated rings. The molecule has 0 aliphatic carbocycles.